The van der Waals surface area contributed by atoms with E-state index in [2.05, 4.69) is 33.5 Å². The van der Waals surface area contributed by atoms with Gasteiger partial charge in [0.1, 0.15) is 5.82 Å². The fraction of sp³-hybridized carbons (Fsp3) is 0.611. The minimum absolute atomic E-state index is 0.243. The van der Waals surface area contributed by atoms with Crippen LogP contribution in [0.3, 0.4) is 0 Å². The van der Waals surface area contributed by atoms with E-state index in [1.165, 1.54) is 0 Å². The summed E-state index contributed by atoms with van der Waals surface area (Å²) in [5.74, 6) is 0.108. The molecule has 0 radical (unpaired) electrons. The largest absolute Gasteiger partial charge is 0.476 e. The van der Waals surface area contributed by atoms with Crippen molar-refractivity contribution in [2.75, 3.05) is 13.6 Å². The highest BCUT2D eigenvalue weighted by atomic mass is 16.4. The van der Waals surface area contributed by atoms with Crippen LogP contribution in [0, 0.1) is 6.92 Å². The standard InChI is InChI=1S/C18H27N5O2/c1-4-8-23-16-6-5-14(12-15(16)17(20-23)18(24)25)21(3)10-11-22-9-7-19-13(22)2/h7,9,14H,4-6,8,10-12H2,1-3H3,(H,24,25)/t14-/m0/s1. The van der Waals surface area contributed by atoms with Gasteiger partial charge in [-0.05, 0) is 39.7 Å². The Balaban J connectivity index is 1.71. The third-order valence-corrected chi connectivity index (χ3v) is 5.20. The number of likely N-dealkylation sites (N-methyl/N-ethyl adjacent to an activating group) is 1. The molecule has 3 rings (SSSR count). The maximum Gasteiger partial charge on any atom is 0.356 e. The van der Waals surface area contributed by atoms with Crippen LogP contribution in [0.15, 0.2) is 12.4 Å². The molecule has 0 fully saturated rings. The number of carboxylic acids is 1. The van der Waals surface area contributed by atoms with Gasteiger partial charge in [-0.25, -0.2) is 9.78 Å². The van der Waals surface area contributed by atoms with E-state index in [-0.39, 0.29) is 5.69 Å². The van der Waals surface area contributed by atoms with Gasteiger partial charge in [0, 0.05) is 49.3 Å². The number of carboxylic acid groups (broad SMARTS) is 1. The number of aryl methyl sites for hydroxylation is 2. The second-order valence-corrected chi connectivity index (χ2v) is 6.85. The number of fused-ring (bicyclic) bond motifs is 1. The second kappa shape index (κ2) is 7.39. The average molecular weight is 345 g/mol. The van der Waals surface area contributed by atoms with Crippen LogP contribution in [0.2, 0.25) is 0 Å². The van der Waals surface area contributed by atoms with Gasteiger partial charge in [-0.1, -0.05) is 6.92 Å². The van der Waals surface area contributed by atoms with E-state index in [1.54, 1.807) is 0 Å². The van der Waals surface area contributed by atoms with Gasteiger partial charge in [0.15, 0.2) is 5.69 Å². The van der Waals surface area contributed by atoms with Gasteiger partial charge in [-0.2, -0.15) is 5.10 Å². The summed E-state index contributed by atoms with van der Waals surface area (Å²) in [6.45, 7) is 6.70. The quantitative estimate of drug-likeness (QED) is 0.830. The molecule has 1 N–H and O–H groups in total. The molecule has 0 saturated carbocycles. The Morgan fingerprint density at radius 3 is 2.88 bits per heavy atom. The lowest BCUT2D eigenvalue weighted by Gasteiger charge is -2.31. The van der Waals surface area contributed by atoms with Crippen molar-refractivity contribution in [3.05, 3.63) is 35.2 Å². The molecular formula is C18H27N5O2. The van der Waals surface area contributed by atoms with Gasteiger partial charge in [0.25, 0.3) is 0 Å². The highest BCUT2D eigenvalue weighted by molar-refractivity contribution is 5.87. The fourth-order valence-corrected chi connectivity index (χ4v) is 3.70. The number of hydrogen-bond acceptors (Lipinski definition) is 4. The van der Waals surface area contributed by atoms with Crippen LogP contribution in [0.4, 0.5) is 0 Å². The van der Waals surface area contributed by atoms with Crippen molar-refractivity contribution >= 4 is 5.97 Å². The molecule has 1 aliphatic carbocycles. The highest BCUT2D eigenvalue weighted by Gasteiger charge is 2.30. The van der Waals surface area contributed by atoms with Crippen molar-refractivity contribution < 1.29 is 9.90 Å². The molecular weight excluding hydrogens is 318 g/mol. The van der Waals surface area contributed by atoms with Gasteiger partial charge in [0.2, 0.25) is 0 Å². The minimum Gasteiger partial charge on any atom is -0.476 e. The zero-order valence-corrected chi connectivity index (χ0v) is 15.3. The lowest BCUT2D eigenvalue weighted by atomic mass is 9.90. The topological polar surface area (TPSA) is 76.2 Å². The normalized spacial score (nSPS) is 17.0. The van der Waals surface area contributed by atoms with Gasteiger partial charge in [0.05, 0.1) is 0 Å². The average Bonchev–Trinajstić information content (AvgIpc) is 3.16. The fourth-order valence-electron chi connectivity index (χ4n) is 3.70. The second-order valence-electron chi connectivity index (χ2n) is 6.85. The Morgan fingerprint density at radius 2 is 2.24 bits per heavy atom. The molecule has 136 valence electrons. The third kappa shape index (κ3) is 3.61. The first kappa shape index (κ1) is 17.7. The summed E-state index contributed by atoms with van der Waals surface area (Å²) in [7, 11) is 2.12. The van der Waals surface area contributed by atoms with Crippen molar-refractivity contribution in [1.29, 1.82) is 0 Å². The predicted octanol–water partition coefficient (Wildman–Crippen LogP) is 1.99. The summed E-state index contributed by atoms with van der Waals surface area (Å²) in [6, 6.07) is 0.355. The zero-order chi connectivity index (χ0) is 18.0. The van der Waals surface area contributed by atoms with E-state index in [9.17, 15) is 9.90 Å². The number of aromatic nitrogens is 4. The summed E-state index contributed by atoms with van der Waals surface area (Å²) >= 11 is 0. The van der Waals surface area contributed by atoms with Crippen LogP contribution in [-0.2, 0) is 25.9 Å². The maximum atomic E-state index is 11.6. The SMILES string of the molecule is CCCn1nc(C(=O)O)c2c1CC[C@H](N(C)CCn1ccnc1C)C2. The summed E-state index contributed by atoms with van der Waals surface area (Å²) in [5.41, 5.74) is 2.30. The van der Waals surface area contributed by atoms with Crippen molar-refractivity contribution in [1.82, 2.24) is 24.2 Å². The lowest BCUT2D eigenvalue weighted by Crippen LogP contribution is -2.38. The van der Waals surface area contributed by atoms with Gasteiger partial charge in [-0.3, -0.25) is 4.68 Å². The molecule has 0 unspecified atom stereocenters. The van der Waals surface area contributed by atoms with E-state index < -0.39 is 5.97 Å². The Kier molecular flexibility index (Phi) is 5.22. The molecule has 7 heteroatoms. The Morgan fingerprint density at radius 1 is 1.44 bits per heavy atom. The molecule has 0 bridgehead atoms. The number of hydrogen-bond donors (Lipinski definition) is 1. The summed E-state index contributed by atoms with van der Waals surface area (Å²) in [5, 5.41) is 13.9. The van der Waals surface area contributed by atoms with Gasteiger partial charge in [-0.15, -0.1) is 0 Å². The van der Waals surface area contributed by atoms with Crippen LogP contribution in [0.5, 0.6) is 0 Å². The van der Waals surface area contributed by atoms with Crippen molar-refractivity contribution in [2.24, 2.45) is 0 Å². The molecule has 7 nitrogen and oxygen atoms in total. The Hall–Kier alpha value is -2.15. The number of carbonyl (C=O) groups is 1. The summed E-state index contributed by atoms with van der Waals surface area (Å²) in [4.78, 5) is 18.2. The van der Waals surface area contributed by atoms with E-state index in [4.69, 9.17) is 0 Å². The van der Waals surface area contributed by atoms with E-state index in [0.29, 0.717) is 6.04 Å². The Labute approximate surface area is 148 Å². The van der Waals surface area contributed by atoms with E-state index >= 15 is 0 Å². The maximum absolute atomic E-state index is 11.6. The first-order valence-corrected chi connectivity index (χ1v) is 9.01. The van der Waals surface area contributed by atoms with Gasteiger partial charge >= 0.3 is 5.97 Å². The van der Waals surface area contributed by atoms with E-state index in [1.807, 2.05) is 24.0 Å². The van der Waals surface area contributed by atoms with Crippen molar-refractivity contribution in [2.45, 2.75) is 58.7 Å². The molecule has 0 spiro atoms. The zero-order valence-electron chi connectivity index (χ0n) is 15.3. The molecule has 0 aromatic carbocycles. The van der Waals surface area contributed by atoms with E-state index in [0.717, 1.165) is 62.4 Å². The molecule has 25 heavy (non-hydrogen) atoms. The number of rotatable bonds is 7. The molecule has 1 aliphatic rings. The number of nitrogens with zero attached hydrogens (tertiary/aromatic N) is 5. The molecule has 2 aromatic rings. The molecule has 1 atom stereocenters. The molecule has 0 amide bonds. The monoisotopic (exact) mass is 345 g/mol. The molecule has 0 saturated heterocycles. The predicted molar refractivity (Wildman–Crippen MR) is 94.9 cm³/mol. The summed E-state index contributed by atoms with van der Waals surface area (Å²) in [6.07, 6.45) is 7.49. The van der Waals surface area contributed by atoms with Crippen LogP contribution in [-0.4, -0.2) is 54.9 Å². The highest BCUT2D eigenvalue weighted by Crippen LogP contribution is 2.27. The van der Waals surface area contributed by atoms with Gasteiger partial charge < -0.3 is 14.6 Å². The minimum atomic E-state index is -0.913. The lowest BCUT2D eigenvalue weighted by molar-refractivity contribution is 0.0687. The first-order chi connectivity index (χ1) is 12.0. The van der Waals surface area contributed by atoms with Crippen LogP contribution >= 0.6 is 0 Å². The third-order valence-electron chi connectivity index (χ3n) is 5.20. The number of imidazole rings is 1. The molecule has 0 aliphatic heterocycles. The van der Waals surface area contributed by atoms with Crippen LogP contribution in [0.1, 0.15) is 47.3 Å². The first-order valence-electron chi connectivity index (χ1n) is 9.01. The van der Waals surface area contributed by atoms with Crippen LogP contribution in [0.25, 0.3) is 0 Å². The smallest absolute Gasteiger partial charge is 0.356 e. The Bertz CT molecular complexity index is 749. The molecule has 2 heterocycles. The summed E-state index contributed by atoms with van der Waals surface area (Å²) < 4.78 is 4.05. The molecule has 2 aromatic heterocycles. The van der Waals surface area contributed by atoms with Crippen molar-refractivity contribution in [3.8, 4) is 0 Å². The number of aromatic carboxylic acids is 1. The van der Waals surface area contributed by atoms with Crippen LogP contribution < -0.4 is 0 Å². The van der Waals surface area contributed by atoms with Crippen molar-refractivity contribution in [3.63, 3.8) is 0 Å².